The van der Waals surface area contributed by atoms with Gasteiger partial charge in [0.1, 0.15) is 17.2 Å². The van der Waals surface area contributed by atoms with E-state index in [0.29, 0.717) is 35.2 Å². The molecule has 0 saturated carbocycles. The lowest BCUT2D eigenvalue weighted by molar-refractivity contribution is -0.116. The molecule has 1 amide bonds. The van der Waals surface area contributed by atoms with Crippen LogP contribution in [0.4, 0.5) is 5.69 Å². The van der Waals surface area contributed by atoms with E-state index in [1.165, 1.54) is 0 Å². The second-order valence-electron chi connectivity index (χ2n) is 6.31. The third-order valence-electron chi connectivity index (χ3n) is 4.38. The average Bonchev–Trinajstić information content (AvgIpc) is 2.73. The lowest BCUT2D eigenvalue weighted by atomic mass is 10.1. The van der Waals surface area contributed by atoms with Crippen molar-refractivity contribution in [1.29, 1.82) is 0 Å². The minimum Gasteiger partial charge on any atom is -0.497 e. The first kappa shape index (κ1) is 21.0. The van der Waals surface area contributed by atoms with Crippen LogP contribution in [0, 0.1) is 3.57 Å². The second-order valence-corrected chi connectivity index (χ2v) is 7.56. The van der Waals surface area contributed by atoms with E-state index in [2.05, 4.69) is 22.6 Å². The van der Waals surface area contributed by atoms with Crippen LogP contribution in [0.5, 0.6) is 23.0 Å². The third kappa shape index (κ3) is 5.20. The summed E-state index contributed by atoms with van der Waals surface area (Å²) in [6.45, 7) is 1.86. The van der Waals surface area contributed by atoms with Crippen LogP contribution in [0.15, 0.2) is 66.7 Å². The van der Waals surface area contributed by atoms with Gasteiger partial charge in [0.05, 0.1) is 26.5 Å². The Kier molecular flexibility index (Phi) is 6.98. The molecule has 0 aromatic heterocycles. The fraction of sp³-hybridized carbons (Fsp3) is 0.174. The minimum absolute atomic E-state index is 0.102. The van der Waals surface area contributed by atoms with Crippen LogP contribution in [0.1, 0.15) is 12.5 Å². The normalized spacial score (nSPS) is 10.3. The molecule has 3 aromatic rings. The molecule has 6 heteroatoms. The zero-order valence-corrected chi connectivity index (χ0v) is 18.7. The molecule has 0 saturated heterocycles. The molecule has 150 valence electrons. The predicted molar refractivity (Wildman–Crippen MR) is 122 cm³/mol. The predicted octanol–water partition coefficient (Wildman–Crippen LogP) is 5.65. The number of para-hydroxylation sites is 1. The van der Waals surface area contributed by atoms with Crippen LogP contribution in [0.3, 0.4) is 0 Å². The maximum atomic E-state index is 12.6. The molecule has 3 rings (SSSR count). The fourth-order valence-corrected chi connectivity index (χ4v) is 3.42. The van der Waals surface area contributed by atoms with Gasteiger partial charge in [0, 0.05) is 16.1 Å². The molecule has 0 aliphatic carbocycles. The summed E-state index contributed by atoms with van der Waals surface area (Å²) >= 11 is 2.23. The van der Waals surface area contributed by atoms with Gasteiger partial charge in [-0.2, -0.15) is 0 Å². The maximum Gasteiger partial charge on any atom is 0.224 e. The molecule has 0 fully saturated rings. The van der Waals surface area contributed by atoms with E-state index in [0.717, 1.165) is 9.13 Å². The van der Waals surface area contributed by atoms with Crippen LogP contribution in [0.2, 0.25) is 0 Å². The van der Waals surface area contributed by atoms with E-state index in [9.17, 15) is 4.79 Å². The summed E-state index contributed by atoms with van der Waals surface area (Å²) in [5.41, 5.74) is 1.53. The topological polar surface area (TPSA) is 48.0 Å². The molecule has 5 nitrogen and oxygen atoms in total. The van der Waals surface area contributed by atoms with Gasteiger partial charge in [-0.15, -0.1) is 0 Å². The number of halogens is 1. The number of rotatable bonds is 7. The Bertz CT molecular complexity index is 991. The summed E-state index contributed by atoms with van der Waals surface area (Å²) in [4.78, 5) is 14.3. The van der Waals surface area contributed by atoms with Crippen LogP contribution in [-0.4, -0.2) is 20.1 Å². The van der Waals surface area contributed by atoms with Gasteiger partial charge in [-0.05, 0) is 71.1 Å². The second kappa shape index (κ2) is 9.65. The van der Waals surface area contributed by atoms with Crippen molar-refractivity contribution in [1.82, 2.24) is 0 Å². The number of hydrogen-bond donors (Lipinski definition) is 0. The lowest BCUT2D eigenvalue weighted by Gasteiger charge is -2.25. The Hall–Kier alpha value is -2.74. The molecule has 0 radical (unpaired) electrons. The number of anilines is 1. The summed E-state index contributed by atoms with van der Waals surface area (Å²) in [5, 5.41) is 0. The number of ether oxygens (including phenoxy) is 3. The van der Waals surface area contributed by atoms with E-state index in [1.54, 1.807) is 26.0 Å². The van der Waals surface area contributed by atoms with Gasteiger partial charge in [0.2, 0.25) is 5.91 Å². The molecule has 3 aromatic carbocycles. The highest BCUT2D eigenvalue weighted by Crippen LogP contribution is 2.36. The summed E-state index contributed by atoms with van der Waals surface area (Å²) < 4.78 is 17.9. The quantitative estimate of drug-likeness (QED) is 0.393. The standard InChI is InChI=1S/C23H22INO4/c1-16(26)25(15-17-13-20(27-2)10-12-22(17)28-3)21-14-18(24)9-11-23(21)29-19-7-5-4-6-8-19/h4-14H,15H2,1-3H3/i24-2. The van der Waals surface area contributed by atoms with Crippen molar-refractivity contribution < 1.29 is 19.0 Å². The number of nitrogens with zero attached hydrogens (tertiary/aromatic N) is 1. The van der Waals surface area contributed by atoms with E-state index in [-0.39, 0.29) is 5.91 Å². The number of carbonyl (C=O) groups is 1. The molecule has 0 heterocycles. The van der Waals surface area contributed by atoms with Crippen LogP contribution in [-0.2, 0) is 11.3 Å². The van der Waals surface area contributed by atoms with E-state index in [1.807, 2.05) is 66.7 Å². The van der Waals surface area contributed by atoms with Crippen molar-refractivity contribution in [3.63, 3.8) is 0 Å². The largest absolute Gasteiger partial charge is 0.497 e. The van der Waals surface area contributed by atoms with E-state index in [4.69, 9.17) is 14.2 Å². The monoisotopic (exact) mass is 501 g/mol. The van der Waals surface area contributed by atoms with Crippen molar-refractivity contribution in [3.05, 3.63) is 75.9 Å². The molecule has 0 unspecified atom stereocenters. The summed E-state index contributed by atoms with van der Waals surface area (Å²) in [6, 6.07) is 20.8. The first-order valence-corrected chi connectivity index (χ1v) is 10.1. The highest BCUT2D eigenvalue weighted by molar-refractivity contribution is 14.1. The van der Waals surface area contributed by atoms with Crippen molar-refractivity contribution in [2.45, 2.75) is 13.5 Å². The first-order valence-electron chi connectivity index (χ1n) is 9.03. The number of carbonyl (C=O) groups excluding carboxylic acids is 1. The van der Waals surface area contributed by atoms with Crippen molar-refractivity contribution in [2.75, 3.05) is 19.1 Å². The van der Waals surface area contributed by atoms with Gasteiger partial charge < -0.3 is 19.1 Å². The lowest BCUT2D eigenvalue weighted by Crippen LogP contribution is -2.28. The summed E-state index contributed by atoms with van der Waals surface area (Å²) in [7, 11) is 3.22. The highest BCUT2D eigenvalue weighted by atomic mass is 125. The Labute approximate surface area is 184 Å². The van der Waals surface area contributed by atoms with Crippen LogP contribution >= 0.6 is 22.6 Å². The molecule has 0 aliphatic rings. The molecule has 0 N–H and O–H groups in total. The van der Waals surface area contributed by atoms with Crippen molar-refractivity contribution in [3.8, 4) is 23.0 Å². The first-order chi connectivity index (χ1) is 14.0. The molecule has 0 spiro atoms. The number of benzene rings is 3. The molecular formula is C23H22INO4. The van der Waals surface area contributed by atoms with Crippen LogP contribution in [0.25, 0.3) is 0 Å². The van der Waals surface area contributed by atoms with Gasteiger partial charge in [-0.25, -0.2) is 0 Å². The fourth-order valence-electron chi connectivity index (χ4n) is 2.95. The molecule has 29 heavy (non-hydrogen) atoms. The Morgan fingerprint density at radius 2 is 1.62 bits per heavy atom. The molecule has 0 atom stereocenters. The van der Waals surface area contributed by atoms with Crippen molar-refractivity contribution >= 4 is 34.2 Å². The van der Waals surface area contributed by atoms with E-state index >= 15 is 0 Å². The zero-order chi connectivity index (χ0) is 20.8. The Morgan fingerprint density at radius 3 is 2.28 bits per heavy atom. The highest BCUT2D eigenvalue weighted by Gasteiger charge is 2.20. The smallest absolute Gasteiger partial charge is 0.224 e. The summed E-state index contributed by atoms with van der Waals surface area (Å²) in [5.74, 6) is 2.60. The Balaban J connectivity index is 2.02. The summed E-state index contributed by atoms with van der Waals surface area (Å²) in [6.07, 6.45) is 0. The minimum atomic E-state index is -0.102. The number of methoxy groups -OCH3 is 2. The van der Waals surface area contributed by atoms with Gasteiger partial charge >= 0.3 is 0 Å². The molecule has 0 bridgehead atoms. The van der Waals surface area contributed by atoms with Gasteiger partial charge in [0.25, 0.3) is 0 Å². The SMILES string of the molecule is COc1ccc(OC)c(CN(C(C)=O)c2cc([125I])ccc2Oc2ccccc2)c1. The van der Waals surface area contributed by atoms with Crippen LogP contribution < -0.4 is 19.1 Å². The van der Waals surface area contributed by atoms with Crippen molar-refractivity contribution in [2.24, 2.45) is 0 Å². The number of hydrogen-bond acceptors (Lipinski definition) is 4. The maximum absolute atomic E-state index is 12.6. The molecular weight excluding hydrogens is 479 g/mol. The van der Waals surface area contributed by atoms with Gasteiger partial charge in [-0.3, -0.25) is 4.79 Å². The van der Waals surface area contributed by atoms with Gasteiger partial charge in [0.15, 0.2) is 5.75 Å². The average molecular weight is 501 g/mol. The molecule has 0 aliphatic heterocycles. The third-order valence-corrected chi connectivity index (χ3v) is 5.05. The van der Waals surface area contributed by atoms with E-state index < -0.39 is 0 Å². The number of amides is 1. The van der Waals surface area contributed by atoms with Gasteiger partial charge in [-0.1, -0.05) is 18.2 Å². The zero-order valence-electron chi connectivity index (χ0n) is 16.5. The Morgan fingerprint density at radius 1 is 0.897 bits per heavy atom.